The Morgan fingerprint density at radius 3 is 2.78 bits per heavy atom. The molecule has 18 heavy (non-hydrogen) atoms. The summed E-state index contributed by atoms with van der Waals surface area (Å²) < 4.78 is 13.1. The van der Waals surface area contributed by atoms with Gasteiger partial charge in [0.15, 0.2) is 0 Å². The minimum atomic E-state index is -1.08. The Bertz CT molecular complexity index is 489. The van der Waals surface area contributed by atoms with E-state index in [1.54, 1.807) is 0 Å². The molecule has 0 heterocycles. The van der Waals surface area contributed by atoms with Crippen molar-refractivity contribution in [2.45, 2.75) is 31.7 Å². The first kappa shape index (κ1) is 11.5. The van der Waals surface area contributed by atoms with Crippen LogP contribution in [0.2, 0.25) is 0 Å². The van der Waals surface area contributed by atoms with Crippen LogP contribution in [0.1, 0.15) is 36.0 Å². The lowest BCUT2D eigenvalue weighted by Gasteiger charge is -2.24. The third kappa shape index (κ3) is 1.96. The number of carbonyl (C=O) groups is 1. The molecule has 0 amide bonds. The SMILES string of the molecule is O=C(O)c1cc(F)ccc1NC1CC2CCC1C2. The van der Waals surface area contributed by atoms with Crippen LogP contribution >= 0.6 is 0 Å². The number of fused-ring (bicyclic) bond motifs is 2. The first-order valence-electron chi connectivity index (χ1n) is 6.43. The molecule has 2 N–H and O–H groups in total. The van der Waals surface area contributed by atoms with Gasteiger partial charge in [-0.1, -0.05) is 6.42 Å². The van der Waals surface area contributed by atoms with Gasteiger partial charge in [-0.05, 0) is 49.3 Å². The Morgan fingerprint density at radius 1 is 1.33 bits per heavy atom. The van der Waals surface area contributed by atoms with E-state index in [1.165, 1.54) is 31.4 Å². The molecule has 3 rings (SSSR count). The van der Waals surface area contributed by atoms with Crippen LogP contribution in [0.15, 0.2) is 18.2 Å². The lowest BCUT2D eigenvalue weighted by atomic mass is 9.95. The van der Waals surface area contributed by atoms with Crippen LogP contribution in [0.5, 0.6) is 0 Å². The number of halogens is 1. The van der Waals surface area contributed by atoms with Gasteiger partial charge in [-0.3, -0.25) is 0 Å². The third-order valence-corrected chi connectivity index (χ3v) is 4.29. The van der Waals surface area contributed by atoms with E-state index in [9.17, 15) is 9.18 Å². The number of hydrogen-bond acceptors (Lipinski definition) is 2. The van der Waals surface area contributed by atoms with Crippen molar-refractivity contribution in [3.63, 3.8) is 0 Å². The Balaban J connectivity index is 1.82. The van der Waals surface area contributed by atoms with Crippen LogP contribution in [0.3, 0.4) is 0 Å². The second-order valence-electron chi connectivity index (χ2n) is 5.42. The van der Waals surface area contributed by atoms with E-state index in [4.69, 9.17) is 5.11 Å². The van der Waals surface area contributed by atoms with Gasteiger partial charge in [0.1, 0.15) is 5.82 Å². The lowest BCUT2D eigenvalue weighted by Crippen LogP contribution is -2.26. The fourth-order valence-electron chi connectivity index (χ4n) is 3.44. The molecule has 1 aromatic rings. The molecule has 2 saturated carbocycles. The van der Waals surface area contributed by atoms with Gasteiger partial charge in [-0.2, -0.15) is 0 Å². The summed E-state index contributed by atoms with van der Waals surface area (Å²) in [6.45, 7) is 0. The highest BCUT2D eigenvalue weighted by atomic mass is 19.1. The summed E-state index contributed by atoms with van der Waals surface area (Å²) in [5.74, 6) is -0.144. The van der Waals surface area contributed by atoms with Crippen molar-refractivity contribution < 1.29 is 14.3 Å². The average molecular weight is 249 g/mol. The summed E-state index contributed by atoms with van der Waals surface area (Å²) in [6, 6.07) is 4.28. The number of carboxylic acids is 1. The highest BCUT2D eigenvalue weighted by Crippen LogP contribution is 2.45. The molecular weight excluding hydrogens is 233 g/mol. The van der Waals surface area contributed by atoms with Gasteiger partial charge in [0.05, 0.1) is 5.56 Å². The Morgan fingerprint density at radius 2 is 2.17 bits per heavy atom. The fraction of sp³-hybridized carbons (Fsp3) is 0.500. The molecule has 2 aliphatic carbocycles. The smallest absolute Gasteiger partial charge is 0.337 e. The number of nitrogens with one attached hydrogen (secondary N) is 1. The van der Waals surface area contributed by atoms with E-state index < -0.39 is 11.8 Å². The summed E-state index contributed by atoms with van der Waals surface area (Å²) in [5.41, 5.74) is 0.569. The molecule has 0 spiro atoms. The van der Waals surface area contributed by atoms with Crippen LogP contribution < -0.4 is 5.32 Å². The number of hydrogen-bond donors (Lipinski definition) is 2. The lowest BCUT2D eigenvalue weighted by molar-refractivity contribution is 0.0697. The van der Waals surface area contributed by atoms with Crippen molar-refractivity contribution in [3.05, 3.63) is 29.6 Å². The van der Waals surface area contributed by atoms with Gasteiger partial charge < -0.3 is 10.4 Å². The predicted octanol–water partition coefficient (Wildman–Crippen LogP) is 3.12. The van der Waals surface area contributed by atoms with Crippen LogP contribution in [0, 0.1) is 17.7 Å². The summed E-state index contributed by atoms with van der Waals surface area (Å²) in [7, 11) is 0. The van der Waals surface area contributed by atoms with Crippen molar-refractivity contribution in [2.75, 3.05) is 5.32 Å². The van der Waals surface area contributed by atoms with Gasteiger partial charge in [0, 0.05) is 11.7 Å². The minimum Gasteiger partial charge on any atom is -0.478 e. The zero-order valence-electron chi connectivity index (χ0n) is 10.0. The monoisotopic (exact) mass is 249 g/mol. The number of anilines is 1. The van der Waals surface area contributed by atoms with Gasteiger partial charge in [0.2, 0.25) is 0 Å². The van der Waals surface area contributed by atoms with E-state index in [0.717, 1.165) is 18.4 Å². The molecule has 3 atom stereocenters. The highest BCUT2D eigenvalue weighted by Gasteiger charge is 2.39. The molecule has 2 bridgehead atoms. The van der Waals surface area contributed by atoms with Gasteiger partial charge in [-0.25, -0.2) is 9.18 Å². The molecule has 96 valence electrons. The van der Waals surface area contributed by atoms with E-state index in [1.807, 2.05) is 0 Å². The highest BCUT2D eigenvalue weighted by molar-refractivity contribution is 5.94. The molecule has 1 aromatic carbocycles. The summed E-state index contributed by atoms with van der Waals surface area (Å²) in [5, 5.41) is 12.4. The Labute approximate surface area is 105 Å². The summed E-state index contributed by atoms with van der Waals surface area (Å²) in [4.78, 5) is 11.1. The second-order valence-corrected chi connectivity index (χ2v) is 5.42. The van der Waals surface area contributed by atoms with Crippen LogP contribution in [0.4, 0.5) is 10.1 Å². The second kappa shape index (κ2) is 4.26. The van der Waals surface area contributed by atoms with Crippen LogP contribution in [0.25, 0.3) is 0 Å². The van der Waals surface area contributed by atoms with Gasteiger partial charge in [0.25, 0.3) is 0 Å². The van der Waals surface area contributed by atoms with E-state index in [-0.39, 0.29) is 5.56 Å². The fourth-order valence-corrected chi connectivity index (χ4v) is 3.44. The quantitative estimate of drug-likeness (QED) is 0.865. The molecule has 2 fully saturated rings. The van der Waals surface area contributed by atoms with Crippen molar-refractivity contribution in [1.29, 1.82) is 0 Å². The molecule has 0 aliphatic heterocycles. The molecule has 0 saturated heterocycles. The van der Waals surface area contributed by atoms with E-state index >= 15 is 0 Å². The normalized spacial score (nSPS) is 29.5. The largest absolute Gasteiger partial charge is 0.478 e. The Hall–Kier alpha value is -1.58. The molecular formula is C14H16FNO2. The number of carboxylic acid groups (broad SMARTS) is 1. The molecule has 0 radical (unpaired) electrons. The first-order valence-corrected chi connectivity index (χ1v) is 6.43. The van der Waals surface area contributed by atoms with Gasteiger partial charge in [-0.15, -0.1) is 0 Å². The Kier molecular flexibility index (Phi) is 2.73. The van der Waals surface area contributed by atoms with E-state index in [2.05, 4.69) is 5.32 Å². The summed E-state index contributed by atoms with van der Waals surface area (Å²) in [6.07, 6.45) is 4.90. The predicted molar refractivity (Wildman–Crippen MR) is 66.2 cm³/mol. The van der Waals surface area contributed by atoms with Crippen molar-refractivity contribution >= 4 is 11.7 Å². The van der Waals surface area contributed by atoms with Crippen LogP contribution in [-0.2, 0) is 0 Å². The molecule has 0 aromatic heterocycles. The van der Waals surface area contributed by atoms with Gasteiger partial charge >= 0.3 is 5.97 Å². The molecule has 3 unspecified atom stereocenters. The minimum absolute atomic E-state index is 0.0257. The maximum atomic E-state index is 13.1. The zero-order chi connectivity index (χ0) is 12.7. The maximum absolute atomic E-state index is 13.1. The molecule has 3 nitrogen and oxygen atoms in total. The topological polar surface area (TPSA) is 49.3 Å². The number of aromatic carboxylic acids is 1. The first-order chi connectivity index (χ1) is 8.63. The number of rotatable bonds is 3. The summed E-state index contributed by atoms with van der Waals surface area (Å²) >= 11 is 0. The van der Waals surface area contributed by atoms with Crippen LogP contribution in [-0.4, -0.2) is 17.1 Å². The number of benzene rings is 1. The molecule has 2 aliphatic rings. The molecule has 4 heteroatoms. The average Bonchev–Trinajstić information content (AvgIpc) is 2.93. The zero-order valence-corrected chi connectivity index (χ0v) is 10.0. The standard InChI is InChI=1S/C14H16FNO2/c15-10-3-4-12(11(7-10)14(17)18)16-13-6-8-1-2-9(13)5-8/h3-4,7-9,13,16H,1-2,5-6H2,(H,17,18). The maximum Gasteiger partial charge on any atom is 0.337 e. The van der Waals surface area contributed by atoms with Crippen molar-refractivity contribution in [1.82, 2.24) is 0 Å². The van der Waals surface area contributed by atoms with E-state index in [0.29, 0.717) is 17.6 Å². The third-order valence-electron chi connectivity index (χ3n) is 4.29. The van der Waals surface area contributed by atoms with Crippen molar-refractivity contribution in [3.8, 4) is 0 Å². The van der Waals surface area contributed by atoms with Crippen molar-refractivity contribution in [2.24, 2.45) is 11.8 Å².